The fraction of sp³-hybridized carbons (Fsp3) is 0.818. The number of carbonyl (C=O) groups excluding carboxylic acids is 2. The third kappa shape index (κ3) is 7.08. The molecule has 1 amide bonds. The van der Waals surface area contributed by atoms with Crippen molar-refractivity contribution in [3.8, 4) is 0 Å². The zero-order chi connectivity index (χ0) is 11.7. The number of hydrogen-bond donors (Lipinski definition) is 1. The molecular formula is C11H21NO3. The Hall–Kier alpha value is -0.900. The molecule has 1 unspecified atom stereocenters. The molecule has 1 atom stereocenters. The summed E-state index contributed by atoms with van der Waals surface area (Å²) in [5.74, 6) is -0.117. The van der Waals surface area contributed by atoms with Gasteiger partial charge in [-0.25, -0.2) is 0 Å². The topological polar surface area (TPSA) is 55.4 Å². The summed E-state index contributed by atoms with van der Waals surface area (Å²) in [6.45, 7) is 6.48. The first-order valence-corrected chi connectivity index (χ1v) is 5.49. The molecule has 0 saturated heterocycles. The van der Waals surface area contributed by atoms with Gasteiger partial charge >= 0.3 is 0 Å². The highest BCUT2D eigenvalue weighted by atomic mass is 16.5. The Labute approximate surface area is 91.4 Å². The Balaban J connectivity index is 3.67. The van der Waals surface area contributed by atoms with E-state index in [1.165, 1.54) is 6.92 Å². The summed E-state index contributed by atoms with van der Waals surface area (Å²) < 4.78 is 5.18. The first-order chi connectivity index (χ1) is 7.11. The van der Waals surface area contributed by atoms with Crippen LogP contribution in [-0.4, -0.2) is 30.9 Å². The second-order valence-electron chi connectivity index (χ2n) is 3.50. The van der Waals surface area contributed by atoms with Crippen LogP contribution in [0.1, 0.15) is 40.0 Å². The number of hydrogen-bond acceptors (Lipinski definition) is 3. The molecule has 0 heterocycles. The van der Waals surface area contributed by atoms with Crippen molar-refractivity contribution < 1.29 is 14.3 Å². The number of rotatable bonds is 8. The van der Waals surface area contributed by atoms with Gasteiger partial charge in [0.25, 0.3) is 0 Å². The lowest BCUT2D eigenvalue weighted by atomic mass is 10.1. The summed E-state index contributed by atoms with van der Waals surface area (Å²) in [6, 6.07) is -0.344. The third-order valence-electron chi connectivity index (χ3n) is 2.06. The number of Topliss-reactive ketones (excluding diaryl/α,β-unsaturated/α-hetero) is 1. The van der Waals surface area contributed by atoms with Gasteiger partial charge in [0.2, 0.25) is 5.91 Å². The summed E-state index contributed by atoms with van der Waals surface area (Å²) in [7, 11) is 0. The van der Waals surface area contributed by atoms with E-state index < -0.39 is 0 Å². The lowest BCUT2D eigenvalue weighted by molar-refractivity contribution is -0.127. The first kappa shape index (κ1) is 14.1. The van der Waals surface area contributed by atoms with E-state index in [1.54, 1.807) is 0 Å². The molecule has 4 nitrogen and oxygen atoms in total. The lowest BCUT2D eigenvalue weighted by Crippen LogP contribution is -2.39. The molecule has 0 bridgehead atoms. The van der Waals surface area contributed by atoms with E-state index >= 15 is 0 Å². The molecule has 0 aromatic carbocycles. The molecule has 0 rings (SSSR count). The standard InChI is InChI=1S/C11H21NO3/c1-4-7-15-8-6-11(14)12-10(5-2)9(3)13/h10H,4-8H2,1-3H3,(H,12,14). The molecule has 88 valence electrons. The van der Waals surface area contributed by atoms with Crippen LogP contribution in [0.2, 0.25) is 0 Å². The van der Waals surface area contributed by atoms with Gasteiger partial charge in [0.05, 0.1) is 12.6 Å². The van der Waals surface area contributed by atoms with Gasteiger partial charge in [0, 0.05) is 13.0 Å². The van der Waals surface area contributed by atoms with E-state index in [0.29, 0.717) is 26.1 Å². The molecule has 0 aromatic rings. The number of ketones is 1. The summed E-state index contributed by atoms with van der Waals surface area (Å²) in [5.41, 5.74) is 0. The fourth-order valence-electron chi connectivity index (χ4n) is 1.17. The average molecular weight is 215 g/mol. The SMILES string of the molecule is CCCOCCC(=O)NC(CC)C(C)=O. The zero-order valence-electron chi connectivity index (χ0n) is 9.84. The average Bonchev–Trinajstić information content (AvgIpc) is 2.20. The number of carbonyl (C=O) groups is 2. The minimum Gasteiger partial charge on any atom is -0.381 e. The van der Waals surface area contributed by atoms with E-state index in [0.717, 1.165) is 6.42 Å². The second-order valence-corrected chi connectivity index (χ2v) is 3.50. The maximum Gasteiger partial charge on any atom is 0.222 e. The van der Waals surface area contributed by atoms with E-state index in [-0.39, 0.29) is 17.7 Å². The molecular weight excluding hydrogens is 194 g/mol. The van der Waals surface area contributed by atoms with Gasteiger partial charge in [-0.1, -0.05) is 13.8 Å². The summed E-state index contributed by atoms with van der Waals surface area (Å²) in [4.78, 5) is 22.4. The van der Waals surface area contributed by atoms with Crippen molar-refractivity contribution in [3.05, 3.63) is 0 Å². The minimum atomic E-state index is -0.344. The molecule has 0 aliphatic carbocycles. The Kier molecular flexibility index (Phi) is 7.91. The van der Waals surface area contributed by atoms with E-state index in [2.05, 4.69) is 5.32 Å². The molecule has 15 heavy (non-hydrogen) atoms. The number of nitrogens with one attached hydrogen (secondary N) is 1. The largest absolute Gasteiger partial charge is 0.381 e. The van der Waals surface area contributed by atoms with Crippen LogP contribution in [-0.2, 0) is 14.3 Å². The summed E-state index contributed by atoms with van der Waals surface area (Å²) >= 11 is 0. The van der Waals surface area contributed by atoms with Crippen LogP contribution < -0.4 is 5.32 Å². The van der Waals surface area contributed by atoms with Crippen molar-refractivity contribution in [2.45, 2.75) is 46.1 Å². The first-order valence-electron chi connectivity index (χ1n) is 5.49. The van der Waals surface area contributed by atoms with Gasteiger partial charge in [0.1, 0.15) is 0 Å². The second kappa shape index (κ2) is 8.41. The Morgan fingerprint density at radius 2 is 1.93 bits per heavy atom. The molecule has 0 saturated carbocycles. The van der Waals surface area contributed by atoms with Crippen LogP contribution in [0.5, 0.6) is 0 Å². The van der Waals surface area contributed by atoms with Crippen molar-refractivity contribution >= 4 is 11.7 Å². The Morgan fingerprint density at radius 3 is 2.40 bits per heavy atom. The van der Waals surface area contributed by atoms with Crippen molar-refractivity contribution in [2.75, 3.05) is 13.2 Å². The van der Waals surface area contributed by atoms with Crippen LogP contribution in [0, 0.1) is 0 Å². The maximum absolute atomic E-state index is 11.3. The molecule has 0 aliphatic heterocycles. The van der Waals surface area contributed by atoms with Crippen molar-refractivity contribution in [1.29, 1.82) is 0 Å². The lowest BCUT2D eigenvalue weighted by Gasteiger charge is -2.13. The van der Waals surface area contributed by atoms with Crippen LogP contribution in [0.3, 0.4) is 0 Å². The molecule has 0 spiro atoms. The van der Waals surface area contributed by atoms with Crippen LogP contribution in [0.15, 0.2) is 0 Å². The highest BCUT2D eigenvalue weighted by Gasteiger charge is 2.13. The zero-order valence-corrected chi connectivity index (χ0v) is 9.84. The van der Waals surface area contributed by atoms with E-state index in [1.807, 2.05) is 13.8 Å². The molecule has 1 N–H and O–H groups in total. The Bertz CT molecular complexity index is 204. The number of ether oxygens (including phenoxy) is 1. The summed E-state index contributed by atoms with van der Waals surface area (Å²) in [5, 5.41) is 2.67. The molecule has 0 aliphatic rings. The van der Waals surface area contributed by atoms with Gasteiger partial charge in [-0.15, -0.1) is 0 Å². The van der Waals surface area contributed by atoms with Crippen LogP contribution in [0.4, 0.5) is 0 Å². The molecule has 4 heteroatoms. The van der Waals surface area contributed by atoms with Gasteiger partial charge in [0.15, 0.2) is 5.78 Å². The highest BCUT2D eigenvalue weighted by molar-refractivity contribution is 5.87. The van der Waals surface area contributed by atoms with E-state index in [9.17, 15) is 9.59 Å². The Morgan fingerprint density at radius 1 is 1.27 bits per heavy atom. The highest BCUT2D eigenvalue weighted by Crippen LogP contribution is 1.94. The van der Waals surface area contributed by atoms with Gasteiger partial charge in [-0.2, -0.15) is 0 Å². The van der Waals surface area contributed by atoms with E-state index in [4.69, 9.17) is 4.74 Å². The fourth-order valence-corrected chi connectivity index (χ4v) is 1.17. The van der Waals surface area contributed by atoms with Gasteiger partial charge < -0.3 is 10.1 Å². The van der Waals surface area contributed by atoms with Gasteiger partial charge in [-0.3, -0.25) is 9.59 Å². The molecule has 0 radical (unpaired) electrons. The third-order valence-corrected chi connectivity index (χ3v) is 2.06. The predicted molar refractivity (Wildman–Crippen MR) is 58.6 cm³/mol. The minimum absolute atomic E-state index is 0.000302. The maximum atomic E-state index is 11.3. The van der Waals surface area contributed by atoms with Gasteiger partial charge in [-0.05, 0) is 19.8 Å². The van der Waals surface area contributed by atoms with Crippen LogP contribution >= 0.6 is 0 Å². The monoisotopic (exact) mass is 215 g/mol. The summed E-state index contributed by atoms with van der Waals surface area (Å²) in [6.07, 6.45) is 1.91. The van der Waals surface area contributed by atoms with Crippen molar-refractivity contribution in [2.24, 2.45) is 0 Å². The van der Waals surface area contributed by atoms with Crippen molar-refractivity contribution in [1.82, 2.24) is 5.32 Å². The molecule has 0 fully saturated rings. The van der Waals surface area contributed by atoms with Crippen molar-refractivity contribution in [3.63, 3.8) is 0 Å². The normalized spacial score (nSPS) is 12.2. The molecule has 0 aromatic heterocycles. The predicted octanol–water partition coefficient (Wildman–Crippen LogP) is 1.29. The quantitative estimate of drug-likeness (QED) is 0.621. The van der Waals surface area contributed by atoms with Crippen LogP contribution in [0.25, 0.3) is 0 Å². The number of amides is 1. The smallest absolute Gasteiger partial charge is 0.222 e.